The number of aromatic nitrogens is 2. The van der Waals surface area contributed by atoms with Crippen molar-refractivity contribution in [1.82, 2.24) is 15.1 Å². The molecule has 0 aliphatic rings. The summed E-state index contributed by atoms with van der Waals surface area (Å²) in [6, 6.07) is 6.77. The molecular weight excluding hydrogens is 253 g/mol. The quantitative estimate of drug-likeness (QED) is 0.821. The maximum atomic E-state index is 13.1. The number of nitrogens with zero attached hydrogens (tertiary/aromatic N) is 2. The Labute approximate surface area is 119 Å². The predicted octanol–water partition coefficient (Wildman–Crippen LogP) is 3.01. The van der Waals surface area contributed by atoms with Gasteiger partial charge in [0.25, 0.3) is 0 Å². The van der Waals surface area contributed by atoms with E-state index >= 15 is 0 Å². The van der Waals surface area contributed by atoms with E-state index in [-0.39, 0.29) is 5.82 Å². The van der Waals surface area contributed by atoms with Crippen molar-refractivity contribution in [3.05, 3.63) is 53.1 Å². The highest BCUT2D eigenvalue weighted by molar-refractivity contribution is 5.20. The van der Waals surface area contributed by atoms with Crippen LogP contribution < -0.4 is 5.32 Å². The van der Waals surface area contributed by atoms with Gasteiger partial charge in [0.2, 0.25) is 0 Å². The number of halogens is 1. The highest BCUT2D eigenvalue weighted by atomic mass is 19.1. The topological polar surface area (TPSA) is 29.9 Å². The van der Waals surface area contributed by atoms with Crippen molar-refractivity contribution in [3.8, 4) is 0 Å². The second kappa shape index (κ2) is 6.66. The lowest BCUT2D eigenvalue weighted by molar-refractivity contribution is 0.622. The van der Waals surface area contributed by atoms with Crippen molar-refractivity contribution >= 4 is 0 Å². The molecule has 0 unspecified atom stereocenters. The zero-order chi connectivity index (χ0) is 14.5. The van der Waals surface area contributed by atoms with E-state index in [9.17, 15) is 4.39 Å². The van der Waals surface area contributed by atoms with Crippen molar-refractivity contribution in [2.45, 2.75) is 32.7 Å². The molecule has 20 heavy (non-hydrogen) atoms. The first kappa shape index (κ1) is 14.7. The molecule has 0 radical (unpaired) electrons. The number of hydrogen-bond acceptors (Lipinski definition) is 2. The molecule has 0 aliphatic carbocycles. The molecule has 2 rings (SSSR count). The van der Waals surface area contributed by atoms with Crippen LogP contribution in [0, 0.1) is 5.82 Å². The molecule has 1 heterocycles. The first-order valence-corrected chi connectivity index (χ1v) is 7.04. The van der Waals surface area contributed by atoms with Gasteiger partial charge in [-0.05, 0) is 36.6 Å². The average molecular weight is 275 g/mol. The summed E-state index contributed by atoms with van der Waals surface area (Å²) < 4.78 is 14.9. The van der Waals surface area contributed by atoms with Crippen LogP contribution in [0.25, 0.3) is 0 Å². The summed E-state index contributed by atoms with van der Waals surface area (Å²) in [5, 5.41) is 7.89. The fourth-order valence-corrected chi connectivity index (χ4v) is 2.33. The fraction of sp³-hybridized carbons (Fsp3) is 0.438. The van der Waals surface area contributed by atoms with Crippen LogP contribution in [0.15, 0.2) is 30.5 Å². The minimum Gasteiger partial charge on any atom is -0.312 e. The van der Waals surface area contributed by atoms with E-state index < -0.39 is 0 Å². The van der Waals surface area contributed by atoms with Crippen LogP contribution in [0.3, 0.4) is 0 Å². The lowest BCUT2D eigenvalue weighted by atomic mass is 10.1. The molecule has 2 aromatic rings. The Morgan fingerprint density at radius 3 is 2.85 bits per heavy atom. The van der Waals surface area contributed by atoms with E-state index in [1.807, 2.05) is 17.8 Å². The third-order valence-electron chi connectivity index (χ3n) is 3.28. The minimum atomic E-state index is -0.170. The Bertz CT molecular complexity index is 561. The van der Waals surface area contributed by atoms with E-state index in [4.69, 9.17) is 0 Å². The lowest BCUT2D eigenvalue weighted by Crippen LogP contribution is -2.17. The number of aryl methyl sites for hydroxylation is 1. The van der Waals surface area contributed by atoms with Crippen molar-refractivity contribution in [1.29, 1.82) is 0 Å². The lowest BCUT2D eigenvalue weighted by Gasteiger charge is -2.07. The van der Waals surface area contributed by atoms with Gasteiger partial charge in [0.15, 0.2) is 0 Å². The van der Waals surface area contributed by atoms with Gasteiger partial charge in [-0.3, -0.25) is 4.68 Å². The SMILES string of the molecule is CC(C)c1nn(C)cc1CNCCc1cccc(F)c1. The van der Waals surface area contributed by atoms with Gasteiger partial charge < -0.3 is 5.32 Å². The molecule has 0 fully saturated rings. The van der Waals surface area contributed by atoms with E-state index in [1.165, 1.54) is 11.6 Å². The van der Waals surface area contributed by atoms with Gasteiger partial charge in [-0.25, -0.2) is 4.39 Å². The molecule has 1 aromatic heterocycles. The largest absolute Gasteiger partial charge is 0.312 e. The Balaban J connectivity index is 1.84. The minimum absolute atomic E-state index is 0.170. The van der Waals surface area contributed by atoms with E-state index in [0.717, 1.165) is 30.8 Å². The summed E-state index contributed by atoms with van der Waals surface area (Å²) in [7, 11) is 1.95. The van der Waals surface area contributed by atoms with Crippen molar-refractivity contribution < 1.29 is 4.39 Å². The van der Waals surface area contributed by atoms with Gasteiger partial charge in [0, 0.05) is 25.4 Å². The fourth-order valence-electron chi connectivity index (χ4n) is 2.33. The van der Waals surface area contributed by atoms with Crippen molar-refractivity contribution in [2.75, 3.05) is 6.54 Å². The number of hydrogen-bond donors (Lipinski definition) is 1. The molecule has 1 aromatic carbocycles. The predicted molar refractivity (Wildman–Crippen MR) is 79.1 cm³/mol. The van der Waals surface area contributed by atoms with Crippen LogP contribution in [0.5, 0.6) is 0 Å². The molecule has 0 bridgehead atoms. The Morgan fingerprint density at radius 1 is 1.35 bits per heavy atom. The molecule has 0 aliphatic heterocycles. The molecule has 0 saturated carbocycles. The first-order chi connectivity index (χ1) is 9.56. The average Bonchev–Trinajstić information content (AvgIpc) is 2.76. The van der Waals surface area contributed by atoms with Crippen molar-refractivity contribution in [2.24, 2.45) is 7.05 Å². The van der Waals surface area contributed by atoms with Gasteiger partial charge in [0.1, 0.15) is 5.82 Å². The highest BCUT2D eigenvalue weighted by Crippen LogP contribution is 2.16. The normalized spacial score (nSPS) is 11.2. The molecule has 0 spiro atoms. The standard InChI is InChI=1S/C16H22FN3/c1-12(2)16-14(11-20(3)19-16)10-18-8-7-13-5-4-6-15(17)9-13/h4-6,9,11-12,18H,7-8,10H2,1-3H3. The summed E-state index contributed by atoms with van der Waals surface area (Å²) in [6.45, 7) is 5.93. The Morgan fingerprint density at radius 2 is 2.15 bits per heavy atom. The second-order valence-electron chi connectivity index (χ2n) is 5.42. The van der Waals surface area contributed by atoms with Crippen LogP contribution in [0.4, 0.5) is 4.39 Å². The van der Waals surface area contributed by atoms with Crippen LogP contribution in [-0.4, -0.2) is 16.3 Å². The van der Waals surface area contributed by atoms with Crippen molar-refractivity contribution in [3.63, 3.8) is 0 Å². The maximum absolute atomic E-state index is 13.1. The van der Waals surface area contributed by atoms with E-state index in [1.54, 1.807) is 12.1 Å². The van der Waals surface area contributed by atoms with Crippen LogP contribution in [0.1, 0.15) is 36.6 Å². The molecule has 0 atom stereocenters. The molecule has 1 N–H and O–H groups in total. The molecule has 4 heteroatoms. The molecule has 108 valence electrons. The summed E-state index contributed by atoms with van der Waals surface area (Å²) in [6.07, 6.45) is 2.89. The maximum Gasteiger partial charge on any atom is 0.123 e. The van der Waals surface area contributed by atoms with E-state index in [0.29, 0.717) is 5.92 Å². The zero-order valence-corrected chi connectivity index (χ0v) is 12.4. The van der Waals surface area contributed by atoms with Gasteiger partial charge in [0.05, 0.1) is 5.69 Å². The molecule has 0 amide bonds. The summed E-state index contributed by atoms with van der Waals surface area (Å²) in [4.78, 5) is 0. The van der Waals surface area contributed by atoms with Gasteiger partial charge in [-0.15, -0.1) is 0 Å². The summed E-state index contributed by atoms with van der Waals surface area (Å²) in [5.41, 5.74) is 3.40. The molecular formula is C16H22FN3. The van der Waals surface area contributed by atoms with Gasteiger partial charge in [-0.1, -0.05) is 26.0 Å². The van der Waals surface area contributed by atoms with E-state index in [2.05, 4.69) is 30.5 Å². The summed E-state index contributed by atoms with van der Waals surface area (Å²) in [5.74, 6) is 0.257. The van der Waals surface area contributed by atoms with Gasteiger partial charge in [-0.2, -0.15) is 5.10 Å². The van der Waals surface area contributed by atoms with Gasteiger partial charge >= 0.3 is 0 Å². The third-order valence-corrected chi connectivity index (χ3v) is 3.28. The van der Waals surface area contributed by atoms with Crippen LogP contribution in [-0.2, 0) is 20.0 Å². The highest BCUT2D eigenvalue weighted by Gasteiger charge is 2.10. The summed E-state index contributed by atoms with van der Waals surface area (Å²) >= 11 is 0. The Kier molecular flexibility index (Phi) is 4.90. The van der Waals surface area contributed by atoms with Crippen LogP contribution in [0.2, 0.25) is 0 Å². The number of benzene rings is 1. The second-order valence-corrected chi connectivity index (χ2v) is 5.42. The Hall–Kier alpha value is -1.68. The monoisotopic (exact) mass is 275 g/mol. The van der Waals surface area contributed by atoms with Crippen LogP contribution >= 0.6 is 0 Å². The zero-order valence-electron chi connectivity index (χ0n) is 12.4. The smallest absolute Gasteiger partial charge is 0.123 e. The molecule has 3 nitrogen and oxygen atoms in total. The number of nitrogens with one attached hydrogen (secondary N) is 1. The third kappa shape index (κ3) is 3.90. The first-order valence-electron chi connectivity index (χ1n) is 7.04. The molecule has 0 saturated heterocycles. The number of rotatable bonds is 6.